The van der Waals surface area contributed by atoms with Crippen molar-refractivity contribution in [1.29, 1.82) is 0 Å². The van der Waals surface area contributed by atoms with Crippen molar-refractivity contribution in [3.05, 3.63) is 29.8 Å². The van der Waals surface area contributed by atoms with Crippen molar-refractivity contribution in [1.82, 2.24) is 4.31 Å². The molecule has 0 N–H and O–H groups in total. The standard InChI is InChI=1S/C19H31NO5S/c1-24-18-12-8-10-17(16-18)11-9-15-20(26(3,22)23)14-7-5-4-6-13-19(21)25-2/h8,10,12,16H,4-7,9,11,13-15H2,1-3H3. The number of methoxy groups -OCH3 is 2. The molecule has 26 heavy (non-hydrogen) atoms. The zero-order valence-corrected chi connectivity index (χ0v) is 16.9. The molecule has 148 valence electrons. The van der Waals surface area contributed by atoms with Gasteiger partial charge in [0.2, 0.25) is 10.0 Å². The Balaban J connectivity index is 2.34. The molecule has 6 nitrogen and oxygen atoms in total. The Bertz CT molecular complexity index is 645. The van der Waals surface area contributed by atoms with Gasteiger partial charge in [-0.15, -0.1) is 0 Å². The van der Waals surface area contributed by atoms with Crippen LogP contribution in [0.5, 0.6) is 5.75 Å². The maximum Gasteiger partial charge on any atom is 0.305 e. The number of rotatable bonds is 13. The van der Waals surface area contributed by atoms with Crippen molar-refractivity contribution in [2.24, 2.45) is 0 Å². The van der Waals surface area contributed by atoms with Crippen LogP contribution >= 0.6 is 0 Å². The molecule has 0 aliphatic heterocycles. The van der Waals surface area contributed by atoms with Gasteiger partial charge in [-0.3, -0.25) is 4.79 Å². The molecule has 1 aromatic carbocycles. The van der Waals surface area contributed by atoms with E-state index < -0.39 is 10.0 Å². The molecule has 0 fully saturated rings. The van der Waals surface area contributed by atoms with Crippen molar-refractivity contribution in [3.8, 4) is 5.75 Å². The van der Waals surface area contributed by atoms with E-state index in [1.165, 1.54) is 13.4 Å². The molecular weight excluding hydrogens is 354 g/mol. The van der Waals surface area contributed by atoms with Crippen molar-refractivity contribution >= 4 is 16.0 Å². The molecule has 0 saturated carbocycles. The molecule has 0 atom stereocenters. The summed E-state index contributed by atoms with van der Waals surface area (Å²) in [4.78, 5) is 11.0. The van der Waals surface area contributed by atoms with Crippen LogP contribution < -0.4 is 4.74 Å². The number of esters is 1. The van der Waals surface area contributed by atoms with E-state index in [1.54, 1.807) is 11.4 Å². The van der Waals surface area contributed by atoms with Gasteiger partial charge >= 0.3 is 5.97 Å². The van der Waals surface area contributed by atoms with E-state index in [4.69, 9.17) is 4.74 Å². The van der Waals surface area contributed by atoms with Crippen LogP contribution in [0.3, 0.4) is 0 Å². The van der Waals surface area contributed by atoms with E-state index in [9.17, 15) is 13.2 Å². The predicted molar refractivity (Wildman–Crippen MR) is 103 cm³/mol. The lowest BCUT2D eigenvalue weighted by Gasteiger charge is -2.20. The highest BCUT2D eigenvalue weighted by Gasteiger charge is 2.15. The Labute approximate surface area is 157 Å². The number of hydrogen-bond acceptors (Lipinski definition) is 5. The summed E-state index contributed by atoms with van der Waals surface area (Å²) in [7, 11) is -0.186. The summed E-state index contributed by atoms with van der Waals surface area (Å²) in [5.74, 6) is 0.620. The second kappa shape index (κ2) is 11.9. The number of aryl methyl sites for hydroxylation is 1. The lowest BCUT2D eigenvalue weighted by molar-refractivity contribution is -0.140. The molecule has 0 unspecified atom stereocenters. The van der Waals surface area contributed by atoms with Gasteiger partial charge in [-0.05, 0) is 43.4 Å². The molecule has 0 radical (unpaired) electrons. The normalized spacial score (nSPS) is 11.5. The third-order valence-electron chi connectivity index (χ3n) is 4.24. The number of sulfonamides is 1. The van der Waals surface area contributed by atoms with Crippen LogP contribution in [-0.4, -0.2) is 52.3 Å². The number of carbonyl (C=O) groups excluding carboxylic acids is 1. The summed E-state index contributed by atoms with van der Waals surface area (Å²) >= 11 is 0. The van der Waals surface area contributed by atoms with Crippen molar-refractivity contribution in [2.75, 3.05) is 33.6 Å². The lowest BCUT2D eigenvalue weighted by Crippen LogP contribution is -2.32. The van der Waals surface area contributed by atoms with Gasteiger partial charge in [0.25, 0.3) is 0 Å². The minimum Gasteiger partial charge on any atom is -0.497 e. The molecule has 7 heteroatoms. The molecule has 0 amide bonds. The average molecular weight is 386 g/mol. The van der Waals surface area contributed by atoms with Crippen LogP contribution in [0.1, 0.15) is 44.1 Å². The van der Waals surface area contributed by atoms with Crippen LogP contribution in [-0.2, 0) is 26.0 Å². The topological polar surface area (TPSA) is 72.9 Å². The lowest BCUT2D eigenvalue weighted by atomic mass is 10.1. The minimum absolute atomic E-state index is 0.194. The molecule has 0 aromatic heterocycles. The minimum atomic E-state index is -3.21. The predicted octanol–water partition coefficient (Wildman–Crippen LogP) is 3.01. The van der Waals surface area contributed by atoms with Crippen LogP contribution in [0.15, 0.2) is 24.3 Å². The van der Waals surface area contributed by atoms with Crippen LogP contribution in [0.4, 0.5) is 0 Å². The molecule has 0 aliphatic carbocycles. The van der Waals surface area contributed by atoms with Gasteiger partial charge in [-0.1, -0.05) is 25.0 Å². The number of hydrogen-bond donors (Lipinski definition) is 0. The Morgan fingerprint density at radius 1 is 1.04 bits per heavy atom. The molecule has 0 aliphatic rings. The van der Waals surface area contributed by atoms with E-state index in [-0.39, 0.29) is 5.97 Å². The molecule has 0 bridgehead atoms. The highest BCUT2D eigenvalue weighted by Crippen LogP contribution is 2.15. The molecular formula is C19H31NO5S. The van der Waals surface area contributed by atoms with E-state index in [0.717, 1.165) is 49.8 Å². The van der Waals surface area contributed by atoms with E-state index in [2.05, 4.69) is 4.74 Å². The SMILES string of the molecule is COC(=O)CCCCCCN(CCCc1cccc(OC)c1)S(C)(=O)=O. The monoisotopic (exact) mass is 385 g/mol. The van der Waals surface area contributed by atoms with Gasteiger partial charge in [-0.25, -0.2) is 12.7 Å². The van der Waals surface area contributed by atoms with Crippen molar-refractivity contribution < 1.29 is 22.7 Å². The molecule has 1 rings (SSSR count). The first kappa shape index (κ1) is 22.4. The summed E-state index contributed by atoms with van der Waals surface area (Å²) < 4.78 is 35.3. The molecule has 0 spiro atoms. The molecule has 1 aromatic rings. The third kappa shape index (κ3) is 9.20. The largest absolute Gasteiger partial charge is 0.497 e. The van der Waals surface area contributed by atoms with Gasteiger partial charge in [0, 0.05) is 19.5 Å². The van der Waals surface area contributed by atoms with Crippen LogP contribution in [0, 0.1) is 0 Å². The summed E-state index contributed by atoms with van der Waals surface area (Å²) in [6, 6.07) is 7.84. The molecule has 0 heterocycles. The van der Waals surface area contributed by atoms with Gasteiger partial charge in [-0.2, -0.15) is 0 Å². The summed E-state index contributed by atoms with van der Waals surface area (Å²) in [6.07, 6.45) is 6.64. The van der Waals surface area contributed by atoms with E-state index in [1.807, 2.05) is 24.3 Å². The fraction of sp³-hybridized carbons (Fsp3) is 0.632. The van der Waals surface area contributed by atoms with Crippen molar-refractivity contribution in [2.45, 2.75) is 44.9 Å². The van der Waals surface area contributed by atoms with Crippen molar-refractivity contribution in [3.63, 3.8) is 0 Å². The summed E-state index contributed by atoms with van der Waals surface area (Å²) in [6.45, 7) is 1.04. The number of nitrogens with zero attached hydrogens (tertiary/aromatic N) is 1. The quantitative estimate of drug-likeness (QED) is 0.385. The Hall–Kier alpha value is -1.60. The highest BCUT2D eigenvalue weighted by molar-refractivity contribution is 7.88. The first-order valence-electron chi connectivity index (χ1n) is 9.01. The van der Waals surface area contributed by atoms with Crippen LogP contribution in [0.2, 0.25) is 0 Å². The van der Waals surface area contributed by atoms with Gasteiger partial charge in [0.1, 0.15) is 5.75 Å². The van der Waals surface area contributed by atoms with Gasteiger partial charge in [0.15, 0.2) is 0 Å². The zero-order chi connectivity index (χ0) is 19.4. The number of benzene rings is 1. The van der Waals surface area contributed by atoms with Crippen LogP contribution in [0.25, 0.3) is 0 Å². The first-order valence-corrected chi connectivity index (χ1v) is 10.9. The van der Waals surface area contributed by atoms with E-state index >= 15 is 0 Å². The first-order chi connectivity index (χ1) is 12.4. The van der Waals surface area contributed by atoms with E-state index in [0.29, 0.717) is 19.5 Å². The number of unbranched alkanes of at least 4 members (excludes halogenated alkanes) is 3. The number of carbonyl (C=O) groups is 1. The Morgan fingerprint density at radius 3 is 2.38 bits per heavy atom. The zero-order valence-electron chi connectivity index (χ0n) is 16.1. The Kier molecular flexibility index (Phi) is 10.3. The number of ether oxygens (including phenoxy) is 2. The second-order valence-corrected chi connectivity index (χ2v) is 8.34. The van der Waals surface area contributed by atoms with Gasteiger partial charge in [0.05, 0.1) is 20.5 Å². The Morgan fingerprint density at radius 2 is 1.73 bits per heavy atom. The molecule has 0 saturated heterocycles. The summed E-state index contributed by atoms with van der Waals surface area (Å²) in [5.41, 5.74) is 1.14. The fourth-order valence-corrected chi connectivity index (χ4v) is 3.67. The fourth-order valence-electron chi connectivity index (χ4n) is 2.74. The third-order valence-corrected chi connectivity index (χ3v) is 5.55. The highest BCUT2D eigenvalue weighted by atomic mass is 32.2. The maximum atomic E-state index is 12.0. The second-order valence-electron chi connectivity index (χ2n) is 6.36. The van der Waals surface area contributed by atoms with Gasteiger partial charge < -0.3 is 9.47 Å². The maximum absolute atomic E-state index is 12.0. The average Bonchev–Trinajstić information content (AvgIpc) is 2.61. The summed E-state index contributed by atoms with van der Waals surface area (Å²) in [5, 5.41) is 0. The smallest absolute Gasteiger partial charge is 0.305 e.